The number of rotatable bonds is 1. The number of carbonyl (C=O) groups is 1. The molecule has 0 saturated carbocycles. The van der Waals surface area contributed by atoms with E-state index >= 15 is 0 Å². The second-order valence-electron chi connectivity index (χ2n) is 4.89. The highest BCUT2D eigenvalue weighted by Crippen LogP contribution is 2.33. The van der Waals surface area contributed by atoms with Crippen LogP contribution in [0.3, 0.4) is 0 Å². The van der Waals surface area contributed by atoms with Gasteiger partial charge >= 0.3 is 0 Å². The fourth-order valence-corrected chi connectivity index (χ4v) is 3.01. The van der Waals surface area contributed by atoms with Crippen molar-refractivity contribution in [2.45, 2.75) is 13.5 Å². The van der Waals surface area contributed by atoms with Gasteiger partial charge in [0.05, 0.1) is 17.9 Å². The molecule has 4 heteroatoms. The number of para-hydroxylation sites is 1. The summed E-state index contributed by atoms with van der Waals surface area (Å²) < 4.78 is 1.02. The summed E-state index contributed by atoms with van der Waals surface area (Å²) in [5, 5.41) is 3.18. The van der Waals surface area contributed by atoms with Crippen LogP contribution >= 0.6 is 15.9 Å². The first-order valence-corrected chi connectivity index (χ1v) is 7.34. The molecule has 0 spiro atoms. The number of hydrogen-bond donors (Lipinski definition) is 1. The summed E-state index contributed by atoms with van der Waals surface area (Å²) in [5.41, 5.74) is 4.12. The molecule has 3 nitrogen and oxygen atoms in total. The van der Waals surface area contributed by atoms with Gasteiger partial charge in [-0.15, -0.1) is 0 Å². The number of anilines is 2. The van der Waals surface area contributed by atoms with Crippen molar-refractivity contribution in [1.29, 1.82) is 0 Å². The average molecular weight is 331 g/mol. The molecule has 1 aliphatic heterocycles. The van der Waals surface area contributed by atoms with Crippen molar-refractivity contribution in [1.82, 2.24) is 5.32 Å². The molecule has 0 fully saturated rings. The van der Waals surface area contributed by atoms with E-state index in [2.05, 4.69) is 27.3 Å². The number of hydrogen-bond acceptors (Lipinski definition) is 2. The summed E-state index contributed by atoms with van der Waals surface area (Å²) in [5.74, 6) is 0.0698. The van der Waals surface area contributed by atoms with E-state index in [1.54, 1.807) is 0 Å². The van der Waals surface area contributed by atoms with E-state index in [0.717, 1.165) is 27.0 Å². The Balaban J connectivity index is 2.17. The molecule has 102 valence electrons. The number of amides is 1. The molecule has 0 bridgehead atoms. The summed E-state index contributed by atoms with van der Waals surface area (Å²) in [7, 11) is 0. The summed E-state index contributed by atoms with van der Waals surface area (Å²) in [4.78, 5) is 14.3. The highest BCUT2D eigenvalue weighted by Gasteiger charge is 2.24. The van der Waals surface area contributed by atoms with Crippen molar-refractivity contribution in [3.05, 3.63) is 58.1 Å². The summed E-state index contributed by atoms with van der Waals surface area (Å²) in [6.45, 7) is 3.09. The minimum Gasteiger partial charge on any atom is -0.304 e. The van der Waals surface area contributed by atoms with Crippen LogP contribution in [0.5, 0.6) is 0 Å². The zero-order valence-electron chi connectivity index (χ0n) is 11.2. The quantitative estimate of drug-likeness (QED) is 0.867. The lowest BCUT2D eigenvalue weighted by atomic mass is 10.1. The first kappa shape index (κ1) is 13.3. The Morgan fingerprint density at radius 2 is 1.90 bits per heavy atom. The minimum absolute atomic E-state index is 0.0698. The van der Waals surface area contributed by atoms with Crippen LogP contribution < -0.4 is 10.2 Å². The van der Waals surface area contributed by atoms with Crippen molar-refractivity contribution in [2.24, 2.45) is 0 Å². The van der Waals surface area contributed by atoms with E-state index < -0.39 is 0 Å². The molecule has 0 saturated heterocycles. The third kappa shape index (κ3) is 2.37. The number of aryl methyl sites for hydroxylation is 1. The Morgan fingerprint density at radius 1 is 1.10 bits per heavy atom. The highest BCUT2D eigenvalue weighted by molar-refractivity contribution is 9.10. The number of nitrogens with zero attached hydrogens (tertiary/aromatic N) is 1. The van der Waals surface area contributed by atoms with Gasteiger partial charge in [0.15, 0.2) is 0 Å². The molecular formula is C16H15BrN2O. The molecule has 0 aliphatic carbocycles. The molecule has 1 heterocycles. The molecule has 0 aromatic heterocycles. The Bertz CT molecular complexity index is 669. The highest BCUT2D eigenvalue weighted by atomic mass is 79.9. The molecule has 2 aromatic carbocycles. The standard InChI is InChI=1S/C16H15BrN2O/c1-11-8-13(17)6-7-14(11)19-15-5-3-2-4-12(15)9-18-10-16(19)20/h2-8,18H,9-10H2,1H3. The third-order valence-corrected chi connectivity index (χ3v) is 3.97. The van der Waals surface area contributed by atoms with Crippen molar-refractivity contribution >= 4 is 33.2 Å². The van der Waals surface area contributed by atoms with Gasteiger partial charge in [-0.3, -0.25) is 9.69 Å². The smallest absolute Gasteiger partial charge is 0.245 e. The fourth-order valence-electron chi connectivity index (χ4n) is 2.53. The van der Waals surface area contributed by atoms with Crippen LogP contribution in [0.2, 0.25) is 0 Å². The first-order valence-electron chi connectivity index (χ1n) is 6.54. The van der Waals surface area contributed by atoms with Crippen LogP contribution in [0.25, 0.3) is 0 Å². The number of nitrogens with one attached hydrogen (secondary N) is 1. The lowest BCUT2D eigenvalue weighted by Gasteiger charge is -2.24. The normalized spacial score (nSPS) is 14.9. The lowest BCUT2D eigenvalue weighted by Crippen LogP contribution is -2.32. The van der Waals surface area contributed by atoms with Gasteiger partial charge in [-0.25, -0.2) is 0 Å². The Kier molecular flexibility index (Phi) is 3.59. The van der Waals surface area contributed by atoms with Gasteiger partial charge in [-0.1, -0.05) is 34.1 Å². The topological polar surface area (TPSA) is 32.3 Å². The predicted molar refractivity (Wildman–Crippen MR) is 84.2 cm³/mol. The zero-order chi connectivity index (χ0) is 14.1. The van der Waals surface area contributed by atoms with Gasteiger partial charge in [-0.2, -0.15) is 0 Å². The third-order valence-electron chi connectivity index (χ3n) is 3.47. The van der Waals surface area contributed by atoms with Crippen LogP contribution in [0.4, 0.5) is 11.4 Å². The van der Waals surface area contributed by atoms with Gasteiger partial charge in [-0.05, 0) is 42.3 Å². The second-order valence-corrected chi connectivity index (χ2v) is 5.81. The van der Waals surface area contributed by atoms with E-state index in [1.807, 2.05) is 48.2 Å². The lowest BCUT2D eigenvalue weighted by molar-refractivity contribution is -0.117. The van der Waals surface area contributed by atoms with Gasteiger partial charge in [0.25, 0.3) is 0 Å². The van der Waals surface area contributed by atoms with Crippen molar-refractivity contribution in [3.63, 3.8) is 0 Å². The number of carbonyl (C=O) groups excluding carboxylic acids is 1. The molecule has 1 amide bonds. The Labute approximate surface area is 126 Å². The van der Waals surface area contributed by atoms with Crippen LogP contribution in [0, 0.1) is 6.92 Å². The van der Waals surface area contributed by atoms with Crippen LogP contribution in [0.15, 0.2) is 46.9 Å². The minimum atomic E-state index is 0.0698. The van der Waals surface area contributed by atoms with E-state index in [0.29, 0.717) is 13.1 Å². The molecule has 0 atom stereocenters. The molecule has 1 N–H and O–H groups in total. The summed E-state index contributed by atoms with van der Waals surface area (Å²) in [6, 6.07) is 14.0. The number of halogens is 1. The van der Waals surface area contributed by atoms with E-state index in [4.69, 9.17) is 0 Å². The number of fused-ring (bicyclic) bond motifs is 1. The van der Waals surface area contributed by atoms with Crippen molar-refractivity contribution in [2.75, 3.05) is 11.4 Å². The van der Waals surface area contributed by atoms with Crippen molar-refractivity contribution in [3.8, 4) is 0 Å². The van der Waals surface area contributed by atoms with Gasteiger partial charge in [0.1, 0.15) is 0 Å². The van der Waals surface area contributed by atoms with Crippen LogP contribution in [0.1, 0.15) is 11.1 Å². The Hall–Kier alpha value is -1.65. The first-order chi connectivity index (χ1) is 9.66. The van der Waals surface area contributed by atoms with E-state index in [-0.39, 0.29) is 5.91 Å². The van der Waals surface area contributed by atoms with Gasteiger partial charge < -0.3 is 5.32 Å². The van der Waals surface area contributed by atoms with Crippen LogP contribution in [-0.4, -0.2) is 12.5 Å². The van der Waals surface area contributed by atoms with Gasteiger partial charge in [0, 0.05) is 11.0 Å². The zero-order valence-corrected chi connectivity index (χ0v) is 12.8. The molecule has 2 aromatic rings. The van der Waals surface area contributed by atoms with Gasteiger partial charge in [0.2, 0.25) is 5.91 Å². The molecule has 3 rings (SSSR count). The molecule has 20 heavy (non-hydrogen) atoms. The van der Waals surface area contributed by atoms with Crippen molar-refractivity contribution < 1.29 is 4.79 Å². The summed E-state index contributed by atoms with van der Waals surface area (Å²) in [6.07, 6.45) is 0. The molecule has 0 unspecified atom stereocenters. The maximum Gasteiger partial charge on any atom is 0.245 e. The number of benzene rings is 2. The van der Waals surface area contributed by atoms with E-state index in [9.17, 15) is 4.79 Å². The maximum absolute atomic E-state index is 12.5. The van der Waals surface area contributed by atoms with Crippen LogP contribution in [-0.2, 0) is 11.3 Å². The summed E-state index contributed by atoms with van der Waals surface area (Å²) >= 11 is 3.47. The second kappa shape index (κ2) is 5.38. The molecule has 1 aliphatic rings. The maximum atomic E-state index is 12.5. The van der Waals surface area contributed by atoms with E-state index in [1.165, 1.54) is 0 Å². The molecular weight excluding hydrogens is 316 g/mol. The SMILES string of the molecule is Cc1cc(Br)ccc1N1C(=O)CNCc2ccccc21. The largest absolute Gasteiger partial charge is 0.304 e. The average Bonchev–Trinajstić information content (AvgIpc) is 2.58. The monoisotopic (exact) mass is 330 g/mol. The Morgan fingerprint density at radius 3 is 2.70 bits per heavy atom. The predicted octanol–water partition coefficient (Wildman–Crippen LogP) is 3.53. The molecule has 0 radical (unpaired) electrons. The fraction of sp³-hybridized carbons (Fsp3) is 0.188.